The van der Waals surface area contributed by atoms with Gasteiger partial charge in [-0.15, -0.1) is 0 Å². The molecule has 10 heteroatoms. The largest absolute Gasteiger partial charge is 0.247 e. The summed E-state index contributed by atoms with van der Waals surface area (Å²) >= 11 is 0. The Balaban J connectivity index is 1.44. The standard InChI is InChI=1S/C48H22F4N6/c49-41-35(25-55)42(50)44(52)38(43(41)51)31-9-6-10-32(21-31)45-40-39(33-11-4-5-12-36(33)56-45)34(28-7-2-1-3-8-28)22-37-48(40)58-47(30-19-15-27(24-54)16-20-30)46(57-37)29-17-13-26(23-53)14-18-29/h1-22H. The van der Waals surface area contributed by atoms with E-state index in [1.807, 2.05) is 60.7 Å². The van der Waals surface area contributed by atoms with Crippen LogP contribution in [0.4, 0.5) is 17.6 Å². The van der Waals surface area contributed by atoms with Crippen LogP contribution in [0.25, 0.3) is 88.7 Å². The first-order chi connectivity index (χ1) is 28.3. The molecule has 0 spiro atoms. The second-order valence-electron chi connectivity index (χ2n) is 13.4. The lowest BCUT2D eigenvalue weighted by Gasteiger charge is -2.18. The van der Waals surface area contributed by atoms with Gasteiger partial charge in [-0.25, -0.2) is 32.5 Å². The number of fused-ring (bicyclic) bond motifs is 5. The fraction of sp³-hybridized carbons (Fsp3) is 0. The highest BCUT2D eigenvalue weighted by Crippen LogP contribution is 2.44. The van der Waals surface area contributed by atoms with E-state index in [-0.39, 0.29) is 5.56 Å². The normalized spacial score (nSPS) is 11.1. The van der Waals surface area contributed by atoms with Crippen LogP contribution in [0.15, 0.2) is 133 Å². The van der Waals surface area contributed by atoms with Crippen LogP contribution in [0.2, 0.25) is 0 Å². The molecule has 0 radical (unpaired) electrons. The topological polar surface area (TPSA) is 110 Å². The van der Waals surface area contributed by atoms with E-state index in [0.717, 1.165) is 21.9 Å². The average molecular weight is 759 g/mol. The van der Waals surface area contributed by atoms with Gasteiger partial charge in [0.2, 0.25) is 0 Å². The Morgan fingerprint density at radius 2 is 0.966 bits per heavy atom. The summed E-state index contributed by atoms with van der Waals surface area (Å²) in [7, 11) is 0. The zero-order valence-corrected chi connectivity index (χ0v) is 29.9. The second-order valence-corrected chi connectivity index (χ2v) is 13.4. The van der Waals surface area contributed by atoms with Crippen LogP contribution < -0.4 is 0 Å². The molecule has 7 aromatic carbocycles. The first-order valence-electron chi connectivity index (χ1n) is 17.8. The summed E-state index contributed by atoms with van der Waals surface area (Å²) in [5.41, 5.74) is 4.56. The van der Waals surface area contributed by atoms with Crippen molar-refractivity contribution in [1.82, 2.24) is 15.0 Å². The predicted molar refractivity (Wildman–Crippen MR) is 214 cm³/mol. The molecule has 0 aliphatic rings. The smallest absolute Gasteiger partial charge is 0.180 e. The van der Waals surface area contributed by atoms with Crippen LogP contribution in [-0.4, -0.2) is 15.0 Å². The Morgan fingerprint density at radius 3 is 1.59 bits per heavy atom. The van der Waals surface area contributed by atoms with E-state index in [1.54, 1.807) is 54.6 Å². The maximum Gasteiger partial charge on any atom is 0.180 e. The third kappa shape index (κ3) is 5.74. The number of hydrogen-bond acceptors (Lipinski definition) is 6. The highest BCUT2D eigenvalue weighted by molar-refractivity contribution is 6.25. The van der Waals surface area contributed by atoms with Gasteiger partial charge in [0.05, 0.1) is 62.5 Å². The molecular weight excluding hydrogens is 737 g/mol. The molecule has 9 rings (SSSR count). The molecule has 58 heavy (non-hydrogen) atoms. The molecule has 0 atom stereocenters. The van der Waals surface area contributed by atoms with Crippen molar-refractivity contribution >= 4 is 32.7 Å². The fourth-order valence-electron chi connectivity index (χ4n) is 7.33. The van der Waals surface area contributed by atoms with E-state index < -0.39 is 34.4 Å². The van der Waals surface area contributed by atoms with Crippen molar-refractivity contribution in [2.24, 2.45) is 0 Å². The number of aromatic nitrogens is 3. The van der Waals surface area contributed by atoms with Gasteiger partial charge in [0.1, 0.15) is 11.6 Å². The minimum atomic E-state index is -1.79. The molecule has 9 aromatic rings. The molecule has 2 heterocycles. The van der Waals surface area contributed by atoms with Crippen molar-refractivity contribution < 1.29 is 17.6 Å². The monoisotopic (exact) mass is 758 g/mol. The fourth-order valence-corrected chi connectivity index (χ4v) is 7.33. The van der Waals surface area contributed by atoms with Crippen molar-refractivity contribution in [3.63, 3.8) is 0 Å². The Hall–Kier alpha value is -8.26. The van der Waals surface area contributed by atoms with E-state index >= 15 is 8.78 Å². The molecule has 0 amide bonds. The SMILES string of the molecule is N#Cc1ccc(-c2nc3cc(-c4ccccc4)c4c5ccccc5nc(-c5cccc(-c6c(F)c(F)c(C#N)c(F)c6F)c5)c4c3nc2-c2ccc(C#N)cc2)cc1. The number of nitrogens with zero attached hydrogens (tertiary/aromatic N) is 6. The van der Waals surface area contributed by atoms with Crippen LogP contribution >= 0.6 is 0 Å². The summed E-state index contributed by atoms with van der Waals surface area (Å²) in [6.07, 6.45) is 0. The van der Waals surface area contributed by atoms with Crippen molar-refractivity contribution in [1.29, 1.82) is 15.8 Å². The van der Waals surface area contributed by atoms with E-state index in [4.69, 9.17) is 15.0 Å². The first kappa shape index (κ1) is 35.4. The third-order valence-electron chi connectivity index (χ3n) is 10.1. The molecule has 0 bridgehead atoms. The molecule has 0 N–H and O–H groups in total. The highest BCUT2D eigenvalue weighted by Gasteiger charge is 2.28. The van der Waals surface area contributed by atoms with E-state index in [0.29, 0.717) is 66.8 Å². The molecule has 6 nitrogen and oxygen atoms in total. The minimum Gasteiger partial charge on any atom is -0.247 e. The maximum absolute atomic E-state index is 15.5. The lowest BCUT2D eigenvalue weighted by atomic mass is 9.90. The van der Waals surface area contributed by atoms with E-state index in [9.17, 15) is 24.6 Å². The van der Waals surface area contributed by atoms with Gasteiger partial charge in [0, 0.05) is 32.8 Å². The minimum absolute atomic E-state index is 0.186. The Bertz CT molecular complexity index is 3260. The number of hydrogen-bond donors (Lipinski definition) is 0. The summed E-state index contributed by atoms with van der Waals surface area (Å²) in [4.78, 5) is 15.7. The lowest BCUT2D eigenvalue weighted by molar-refractivity contribution is 0.454. The Labute approximate surface area is 327 Å². The number of nitriles is 3. The molecular formula is C48H22F4N6. The highest BCUT2D eigenvalue weighted by atomic mass is 19.2. The summed E-state index contributed by atoms with van der Waals surface area (Å²) in [5, 5.41) is 30.3. The van der Waals surface area contributed by atoms with Crippen LogP contribution in [-0.2, 0) is 0 Å². The number of benzene rings is 7. The summed E-state index contributed by atoms with van der Waals surface area (Å²) < 4.78 is 60.8. The average Bonchev–Trinajstić information content (AvgIpc) is 3.28. The summed E-state index contributed by atoms with van der Waals surface area (Å²) in [6.45, 7) is 0. The van der Waals surface area contributed by atoms with Crippen molar-refractivity contribution in [3.8, 4) is 74.2 Å². The summed E-state index contributed by atoms with van der Waals surface area (Å²) in [6, 6.07) is 44.4. The van der Waals surface area contributed by atoms with Crippen LogP contribution in [0.3, 0.4) is 0 Å². The molecule has 0 fully saturated rings. The zero-order valence-electron chi connectivity index (χ0n) is 29.9. The second kappa shape index (κ2) is 14.1. The van der Waals surface area contributed by atoms with E-state index in [1.165, 1.54) is 24.3 Å². The Kier molecular flexibility index (Phi) is 8.62. The first-order valence-corrected chi connectivity index (χ1v) is 17.8. The van der Waals surface area contributed by atoms with Gasteiger partial charge < -0.3 is 0 Å². The van der Waals surface area contributed by atoms with E-state index in [2.05, 4.69) is 12.1 Å². The van der Waals surface area contributed by atoms with Crippen LogP contribution in [0.5, 0.6) is 0 Å². The lowest BCUT2D eigenvalue weighted by Crippen LogP contribution is -2.04. The maximum atomic E-state index is 15.5. The molecule has 272 valence electrons. The number of pyridine rings is 1. The molecule has 0 saturated heterocycles. The molecule has 2 aromatic heterocycles. The van der Waals surface area contributed by atoms with Gasteiger partial charge in [0.25, 0.3) is 0 Å². The summed E-state index contributed by atoms with van der Waals surface area (Å²) in [5.74, 6) is -6.99. The predicted octanol–water partition coefficient (Wildman–Crippen LogP) is 11.8. The van der Waals surface area contributed by atoms with Gasteiger partial charge in [0.15, 0.2) is 23.3 Å². The molecule has 0 unspecified atom stereocenters. The number of rotatable bonds is 5. The van der Waals surface area contributed by atoms with Crippen molar-refractivity contribution in [2.75, 3.05) is 0 Å². The molecule has 0 saturated carbocycles. The third-order valence-corrected chi connectivity index (χ3v) is 10.1. The number of para-hydroxylation sites is 1. The van der Waals surface area contributed by atoms with Gasteiger partial charge in [-0.3, -0.25) is 0 Å². The molecule has 0 aliphatic carbocycles. The van der Waals surface area contributed by atoms with Crippen LogP contribution in [0, 0.1) is 57.3 Å². The van der Waals surface area contributed by atoms with Gasteiger partial charge in [-0.2, -0.15) is 15.8 Å². The Morgan fingerprint density at radius 1 is 0.414 bits per heavy atom. The van der Waals surface area contributed by atoms with Gasteiger partial charge in [-0.1, -0.05) is 91.0 Å². The van der Waals surface area contributed by atoms with Crippen LogP contribution in [0.1, 0.15) is 16.7 Å². The van der Waals surface area contributed by atoms with Crippen molar-refractivity contribution in [3.05, 3.63) is 173 Å². The van der Waals surface area contributed by atoms with Crippen molar-refractivity contribution in [2.45, 2.75) is 0 Å². The van der Waals surface area contributed by atoms with Gasteiger partial charge in [-0.05, 0) is 59.2 Å². The zero-order chi connectivity index (χ0) is 40.1. The quantitative estimate of drug-likeness (QED) is 0.0982. The van der Waals surface area contributed by atoms with Gasteiger partial charge >= 0.3 is 0 Å². The molecule has 0 aliphatic heterocycles. The number of halogens is 4.